The Morgan fingerprint density at radius 2 is 1.65 bits per heavy atom. The van der Waals surface area contributed by atoms with Gasteiger partial charge in [0.2, 0.25) is 0 Å². The molecule has 5 atom stereocenters. The van der Waals surface area contributed by atoms with Gasteiger partial charge in [-0.15, -0.1) is 0 Å². The molecule has 2 aromatic rings. The number of methoxy groups -OCH3 is 1. The van der Waals surface area contributed by atoms with Gasteiger partial charge in [-0.1, -0.05) is 36.4 Å². The average molecular weight is 358 g/mol. The van der Waals surface area contributed by atoms with E-state index in [1.807, 2.05) is 48.5 Å². The van der Waals surface area contributed by atoms with Crippen molar-refractivity contribution < 1.29 is 25.2 Å². The largest absolute Gasteiger partial charge is 0.497 e. The summed E-state index contributed by atoms with van der Waals surface area (Å²) in [5.41, 5.74) is 3.16. The lowest BCUT2D eigenvalue weighted by molar-refractivity contribution is -0.127. The molecule has 2 aromatic carbocycles. The molecule has 140 valence electrons. The van der Waals surface area contributed by atoms with Crippen LogP contribution >= 0.6 is 0 Å². The Labute approximate surface area is 153 Å². The van der Waals surface area contributed by atoms with Crippen molar-refractivity contribution in [1.82, 2.24) is 0 Å². The van der Waals surface area contributed by atoms with Gasteiger partial charge in [0.25, 0.3) is 0 Å². The summed E-state index contributed by atoms with van der Waals surface area (Å²) < 4.78 is 5.18. The molecule has 0 aliphatic heterocycles. The van der Waals surface area contributed by atoms with Crippen LogP contribution < -0.4 is 4.74 Å². The first-order valence-electron chi connectivity index (χ1n) is 8.90. The van der Waals surface area contributed by atoms with Gasteiger partial charge in [0, 0.05) is 18.4 Å². The Hall–Kier alpha value is -1.92. The van der Waals surface area contributed by atoms with Crippen LogP contribution in [-0.2, 0) is 6.42 Å². The van der Waals surface area contributed by atoms with Gasteiger partial charge in [-0.05, 0) is 41.7 Å². The van der Waals surface area contributed by atoms with Crippen LogP contribution in [0.25, 0.3) is 0 Å². The third kappa shape index (κ3) is 3.91. The molecule has 1 aliphatic rings. The summed E-state index contributed by atoms with van der Waals surface area (Å²) in [7, 11) is 1.64. The van der Waals surface area contributed by atoms with Crippen molar-refractivity contribution in [3.05, 3.63) is 65.2 Å². The van der Waals surface area contributed by atoms with Crippen LogP contribution in [-0.4, -0.2) is 52.5 Å². The zero-order chi connectivity index (χ0) is 18.7. The van der Waals surface area contributed by atoms with Gasteiger partial charge in [-0.25, -0.2) is 0 Å². The maximum atomic E-state index is 10.4. The predicted molar refractivity (Wildman–Crippen MR) is 98.2 cm³/mol. The molecule has 5 heteroatoms. The van der Waals surface area contributed by atoms with Crippen molar-refractivity contribution in [3.63, 3.8) is 0 Å². The summed E-state index contributed by atoms with van der Waals surface area (Å²) in [5.74, 6) is 0.0560. The highest BCUT2D eigenvalue weighted by molar-refractivity contribution is 5.34. The van der Waals surface area contributed by atoms with E-state index in [0.717, 1.165) is 28.9 Å². The van der Waals surface area contributed by atoms with E-state index in [4.69, 9.17) is 4.74 Å². The van der Waals surface area contributed by atoms with Crippen LogP contribution in [0.2, 0.25) is 0 Å². The second-order valence-corrected chi connectivity index (χ2v) is 7.03. The third-order valence-corrected chi connectivity index (χ3v) is 5.33. The summed E-state index contributed by atoms with van der Waals surface area (Å²) in [5, 5.41) is 40.0. The number of ether oxygens (including phenoxy) is 1. The predicted octanol–water partition coefficient (Wildman–Crippen LogP) is 1.46. The maximum Gasteiger partial charge on any atom is 0.118 e. The SMILES string of the molecule is COc1ccc(Cc2cccc([C@@H]3C[C@H](CO)[C@@H](O)[C@H](O)[C@H]3O)c2)cc1. The Balaban J connectivity index is 1.79. The highest BCUT2D eigenvalue weighted by Gasteiger charge is 2.42. The van der Waals surface area contributed by atoms with Crippen molar-refractivity contribution >= 4 is 0 Å². The zero-order valence-corrected chi connectivity index (χ0v) is 14.8. The van der Waals surface area contributed by atoms with Crippen molar-refractivity contribution in [1.29, 1.82) is 0 Å². The van der Waals surface area contributed by atoms with Gasteiger partial charge in [0.05, 0.1) is 19.3 Å². The number of hydrogen-bond acceptors (Lipinski definition) is 5. The molecule has 0 radical (unpaired) electrons. The van der Waals surface area contributed by atoms with Crippen molar-refractivity contribution in [2.24, 2.45) is 5.92 Å². The summed E-state index contributed by atoms with van der Waals surface area (Å²) in [6.45, 7) is -0.215. The molecule has 0 aromatic heterocycles. The zero-order valence-electron chi connectivity index (χ0n) is 14.8. The van der Waals surface area contributed by atoms with E-state index in [2.05, 4.69) is 0 Å². The molecule has 0 amide bonds. The van der Waals surface area contributed by atoms with Crippen LogP contribution in [0, 0.1) is 5.92 Å². The van der Waals surface area contributed by atoms with E-state index in [9.17, 15) is 20.4 Å². The van der Waals surface area contributed by atoms with Gasteiger partial charge in [0.15, 0.2) is 0 Å². The molecule has 3 rings (SSSR count). The summed E-state index contributed by atoms with van der Waals surface area (Å²) >= 11 is 0. The molecule has 0 unspecified atom stereocenters. The van der Waals surface area contributed by atoms with Crippen molar-refractivity contribution in [2.45, 2.75) is 37.1 Å². The van der Waals surface area contributed by atoms with Crippen LogP contribution in [0.15, 0.2) is 48.5 Å². The van der Waals surface area contributed by atoms with E-state index >= 15 is 0 Å². The molecule has 0 bridgehead atoms. The Bertz CT molecular complexity index is 713. The second kappa shape index (κ2) is 8.18. The van der Waals surface area contributed by atoms with Crippen LogP contribution in [0.5, 0.6) is 5.75 Å². The molecule has 0 saturated heterocycles. The molecule has 0 heterocycles. The first-order valence-corrected chi connectivity index (χ1v) is 8.90. The van der Waals surface area contributed by atoms with Crippen molar-refractivity contribution in [2.75, 3.05) is 13.7 Å². The lowest BCUT2D eigenvalue weighted by Gasteiger charge is -2.40. The lowest BCUT2D eigenvalue weighted by Crippen LogP contribution is -2.51. The average Bonchev–Trinajstić information content (AvgIpc) is 2.67. The first-order chi connectivity index (χ1) is 12.5. The van der Waals surface area contributed by atoms with E-state index in [1.54, 1.807) is 7.11 Å². The van der Waals surface area contributed by atoms with Crippen LogP contribution in [0.1, 0.15) is 29.0 Å². The number of benzene rings is 2. The van der Waals surface area contributed by atoms with Crippen LogP contribution in [0.3, 0.4) is 0 Å². The minimum absolute atomic E-state index is 0.215. The Morgan fingerprint density at radius 1 is 0.923 bits per heavy atom. The summed E-state index contributed by atoms with van der Waals surface area (Å²) in [6.07, 6.45) is -2.23. The topological polar surface area (TPSA) is 90.2 Å². The maximum absolute atomic E-state index is 10.4. The Kier molecular flexibility index (Phi) is 5.94. The minimum Gasteiger partial charge on any atom is -0.497 e. The normalized spacial score (nSPS) is 28.7. The molecular formula is C21H26O5. The quantitative estimate of drug-likeness (QED) is 0.650. The van der Waals surface area contributed by atoms with Gasteiger partial charge in [-0.3, -0.25) is 0 Å². The van der Waals surface area contributed by atoms with Gasteiger partial charge in [-0.2, -0.15) is 0 Å². The fourth-order valence-corrected chi connectivity index (χ4v) is 3.75. The van der Waals surface area contributed by atoms with E-state index < -0.39 is 24.2 Å². The molecule has 1 fully saturated rings. The molecule has 1 aliphatic carbocycles. The molecule has 0 spiro atoms. The number of hydrogen-bond donors (Lipinski definition) is 4. The Morgan fingerprint density at radius 3 is 2.31 bits per heavy atom. The van der Waals surface area contributed by atoms with Crippen molar-refractivity contribution in [3.8, 4) is 5.75 Å². The molecule has 26 heavy (non-hydrogen) atoms. The number of rotatable bonds is 5. The smallest absolute Gasteiger partial charge is 0.118 e. The van der Waals surface area contributed by atoms with E-state index in [-0.39, 0.29) is 12.5 Å². The second-order valence-electron chi connectivity index (χ2n) is 7.03. The standard InChI is InChI=1S/C21H26O5/c1-26-17-7-5-13(6-8-17)9-14-3-2-4-15(10-14)18-11-16(12-22)19(23)21(25)20(18)24/h2-8,10,16,18-25H,9,11-12H2,1H3/t16-,18+,19-,20+,21+/m1/s1. The fraction of sp³-hybridized carbons (Fsp3) is 0.429. The number of aliphatic hydroxyl groups is 4. The number of aliphatic hydroxyl groups excluding tert-OH is 4. The molecule has 4 N–H and O–H groups in total. The van der Waals surface area contributed by atoms with Gasteiger partial charge < -0.3 is 25.2 Å². The summed E-state index contributed by atoms with van der Waals surface area (Å²) in [6, 6.07) is 15.8. The minimum atomic E-state index is -1.25. The first kappa shape index (κ1) is 18.9. The van der Waals surface area contributed by atoms with Crippen LogP contribution in [0.4, 0.5) is 0 Å². The monoisotopic (exact) mass is 358 g/mol. The van der Waals surface area contributed by atoms with E-state index in [0.29, 0.717) is 6.42 Å². The lowest BCUT2D eigenvalue weighted by atomic mass is 9.73. The van der Waals surface area contributed by atoms with E-state index in [1.165, 1.54) is 0 Å². The molecule has 5 nitrogen and oxygen atoms in total. The summed E-state index contributed by atoms with van der Waals surface area (Å²) in [4.78, 5) is 0. The molecular weight excluding hydrogens is 332 g/mol. The van der Waals surface area contributed by atoms with Gasteiger partial charge >= 0.3 is 0 Å². The highest BCUT2D eigenvalue weighted by atomic mass is 16.5. The van der Waals surface area contributed by atoms with Gasteiger partial charge in [0.1, 0.15) is 11.9 Å². The highest BCUT2D eigenvalue weighted by Crippen LogP contribution is 2.37. The fourth-order valence-electron chi connectivity index (χ4n) is 3.75. The molecule has 1 saturated carbocycles. The third-order valence-electron chi connectivity index (χ3n) is 5.33.